The molecule has 1 fully saturated rings. The minimum Gasteiger partial charge on any atom is -0.376 e. The largest absolute Gasteiger partial charge is 0.376 e. The number of anilines is 2. The average molecular weight is 248 g/mol. The number of nitrogens with zero attached hydrogens (tertiary/aromatic N) is 2. The van der Waals surface area contributed by atoms with Crippen LogP contribution in [0.5, 0.6) is 0 Å². The maximum atomic E-state index is 3.33. The number of para-hydroxylation sites is 2. The smallest absolute Gasteiger partial charge is 0.287 e. The van der Waals surface area contributed by atoms with Crippen molar-refractivity contribution in [3.8, 4) is 0 Å². The summed E-state index contributed by atoms with van der Waals surface area (Å²) in [4.78, 5) is 2.24. The molecule has 0 amide bonds. The van der Waals surface area contributed by atoms with Crippen LogP contribution in [0, 0.1) is 0 Å². The average Bonchev–Trinajstić information content (AvgIpc) is 2.51. The molecule has 0 atom stereocenters. The van der Waals surface area contributed by atoms with Gasteiger partial charge in [-0.15, -0.1) is 0 Å². The van der Waals surface area contributed by atoms with Gasteiger partial charge < -0.3 is 10.3 Å². The van der Waals surface area contributed by atoms with Crippen molar-refractivity contribution in [3.05, 3.63) is 60.7 Å². The number of hydrazine groups is 1. The summed E-state index contributed by atoms with van der Waals surface area (Å²) in [6.45, 7) is 0. The zero-order chi connectivity index (χ0) is 12.9. The fraction of sp³-hybridized carbons (Fsp3) is 0. The lowest BCUT2D eigenvalue weighted by atomic mass is 9.83. The highest BCUT2D eigenvalue weighted by atomic mass is 15.6. The summed E-state index contributed by atoms with van der Waals surface area (Å²) >= 11 is 0. The van der Waals surface area contributed by atoms with E-state index in [4.69, 9.17) is 0 Å². The van der Waals surface area contributed by atoms with Crippen LogP contribution < -0.4 is 15.3 Å². The van der Waals surface area contributed by atoms with Crippen molar-refractivity contribution in [2.45, 2.75) is 0 Å². The van der Waals surface area contributed by atoms with Gasteiger partial charge in [0, 0.05) is 0 Å². The molecule has 19 heavy (non-hydrogen) atoms. The van der Waals surface area contributed by atoms with Crippen LogP contribution in [0.2, 0.25) is 0 Å². The van der Waals surface area contributed by atoms with Gasteiger partial charge in [-0.1, -0.05) is 36.4 Å². The molecule has 0 unspecified atom stereocenters. The summed E-state index contributed by atoms with van der Waals surface area (Å²) in [6.07, 6.45) is 0. The van der Waals surface area contributed by atoms with Crippen LogP contribution in [-0.4, -0.2) is 27.5 Å². The third kappa shape index (κ3) is 2.84. The van der Waals surface area contributed by atoms with Crippen LogP contribution in [0.15, 0.2) is 60.7 Å². The van der Waals surface area contributed by atoms with Crippen LogP contribution >= 0.6 is 0 Å². The van der Waals surface area contributed by atoms with E-state index in [9.17, 15) is 0 Å². The predicted octanol–water partition coefficient (Wildman–Crippen LogP) is 0.0340. The first-order chi connectivity index (χ1) is 9.45. The molecule has 7 heteroatoms. The maximum absolute atomic E-state index is 3.33. The Bertz CT molecular complexity index is 465. The molecule has 0 spiro atoms. The van der Waals surface area contributed by atoms with Crippen molar-refractivity contribution in [2.24, 2.45) is 0 Å². The van der Waals surface area contributed by atoms with E-state index in [2.05, 4.69) is 68.6 Å². The third-order valence-electron chi connectivity index (χ3n) is 3.12. The monoisotopic (exact) mass is 248 g/mol. The Labute approximate surface area is 115 Å². The normalized spacial score (nSPS) is 14.9. The van der Waals surface area contributed by atoms with Gasteiger partial charge in [0.15, 0.2) is 0 Å². The lowest BCUT2D eigenvalue weighted by Gasteiger charge is -2.38. The van der Waals surface area contributed by atoms with Crippen molar-refractivity contribution >= 4 is 34.0 Å². The molecule has 4 nitrogen and oxygen atoms in total. The van der Waals surface area contributed by atoms with E-state index >= 15 is 0 Å². The Kier molecular flexibility index (Phi) is 3.88. The van der Waals surface area contributed by atoms with Crippen LogP contribution in [0.25, 0.3) is 0 Å². The lowest BCUT2D eigenvalue weighted by molar-refractivity contribution is 0.670. The third-order valence-corrected chi connectivity index (χ3v) is 3.12. The van der Waals surface area contributed by atoms with Crippen LogP contribution in [0.3, 0.4) is 0 Å². The van der Waals surface area contributed by atoms with Gasteiger partial charge in [0.1, 0.15) is 0 Å². The van der Waals surface area contributed by atoms with Crippen molar-refractivity contribution in [3.63, 3.8) is 0 Å². The number of hydrogen-bond donors (Lipinski definition) is 2. The molecule has 1 aliphatic heterocycles. The molecule has 1 aliphatic rings. The van der Waals surface area contributed by atoms with Gasteiger partial charge in [-0.05, 0) is 24.3 Å². The Morgan fingerprint density at radius 1 is 0.737 bits per heavy atom. The second-order valence-corrected chi connectivity index (χ2v) is 4.48. The molecule has 0 bridgehead atoms. The van der Waals surface area contributed by atoms with E-state index in [1.54, 1.807) is 0 Å². The van der Waals surface area contributed by atoms with E-state index in [1.807, 2.05) is 12.1 Å². The van der Waals surface area contributed by atoms with Gasteiger partial charge in [0.2, 0.25) is 0 Å². The van der Waals surface area contributed by atoms with Gasteiger partial charge in [0.25, 0.3) is 22.6 Å². The second kappa shape index (κ2) is 5.97. The predicted molar refractivity (Wildman–Crippen MR) is 84.6 cm³/mol. The van der Waals surface area contributed by atoms with Crippen molar-refractivity contribution in [1.82, 2.24) is 15.1 Å². The molecule has 3 rings (SSSR count). The molecule has 2 aromatic carbocycles. The van der Waals surface area contributed by atoms with Gasteiger partial charge in [-0.3, -0.25) is 9.84 Å². The summed E-state index contributed by atoms with van der Waals surface area (Å²) in [5, 5.41) is 8.89. The minimum absolute atomic E-state index is 0.830. The Hall–Kier alpha value is -1.69. The van der Waals surface area contributed by atoms with Crippen LogP contribution in [-0.2, 0) is 0 Å². The van der Waals surface area contributed by atoms with E-state index in [0.717, 1.165) is 22.6 Å². The molecular formula is C12H15B3N4. The molecule has 0 saturated carbocycles. The first-order valence-corrected chi connectivity index (χ1v) is 6.52. The zero-order valence-electron chi connectivity index (χ0n) is 10.8. The summed E-state index contributed by atoms with van der Waals surface area (Å²) in [7, 11) is 2.52. The molecule has 0 aromatic heterocycles. The molecule has 0 radical (unpaired) electrons. The number of hydrogen-bond acceptors (Lipinski definition) is 4. The fourth-order valence-corrected chi connectivity index (χ4v) is 2.27. The zero-order valence-corrected chi connectivity index (χ0v) is 10.8. The SMILES string of the molecule is B1NBN(N(c2ccccc2)c2ccccc2)BN1. The van der Waals surface area contributed by atoms with Crippen molar-refractivity contribution in [1.29, 1.82) is 0 Å². The molecule has 92 valence electrons. The minimum atomic E-state index is 0.830. The molecule has 1 saturated heterocycles. The second-order valence-electron chi connectivity index (χ2n) is 4.48. The van der Waals surface area contributed by atoms with Gasteiger partial charge in [-0.2, -0.15) is 0 Å². The number of rotatable bonds is 3. The standard InChI is InChI=1S/C12H15B3N4/c1-3-7-11(8-4-1)18(12-9-5-2-6-10-12)19-14-16-13-17-15-19/h1-10,13-17H. The van der Waals surface area contributed by atoms with Gasteiger partial charge >= 0.3 is 0 Å². The van der Waals surface area contributed by atoms with Gasteiger partial charge in [0.05, 0.1) is 11.4 Å². The lowest BCUT2D eigenvalue weighted by Crippen LogP contribution is -2.62. The van der Waals surface area contributed by atoms with Crippen molar-refractivity contribution in [2.75, 3.05) is 5.01 Å². The molecule has 0 aliphatic carbocycles. The van der Waals surface area contributed by atoms with E-state index in [-0.39, 0.29) is 0 Å². The molecule has 2 aromatic rings. The van der Waals surface area contributed by atoms with Crippen LogP contribution in [0.4, 0.5) is 11.4 Å². The molecule has 1 heterocycles. The number of benzene rings is 2. The Morgan fingerprint density at radius 2 is 1.21 bits per heavy atom. The van der Waals surface area contributed by atoms with E-state index in [1.165, 1.54) is 11.4 Å². The highest BCUT2D eigenvalue weighted by molar-refractivity contribution is 6.65. The highest BCUT2D eigenvalue weighted by Gasteiger charge is 2.22. The van der Waals surface area contributed by atoms with Gasteiger partial charge in [-0.25, -0.2) is 0 Å². The van der Waals surface area contributed by atoms with E-state index < -0.39 is 0 Å². The topological polar surface area (TPSA) is 30.5 Å². The fourth-order valence-electron chi connectivity index (χ4n) is 2.27. The highest BCUT2D eigenvalue weighted by Crippen LogP contribution is 2.25. The molecule has 2 N–H and O–H groups in total. The summed E-state index contributed by atoms with van der Waals surface area (Å²) in [5.41, 5.74) is 2.33. The quantitative estimate of drug-likeness (QED) is 0.750. The maximum Gasteiger partial charge on any atom is 0.287 e. The van der Waals surface area contributed by atoms with Crippen molar-refractivity contribution < 1.29 is 0 Å². The first kappa shape index (κ1) is 12.4. The summed E-state index contributed by atoms with van der Waals surface area (Å²) in [5.74, 6) is 0. The Morgan fingerprint density at radius 3 is 1.68 bits per heavy atom. The first-order valence-electron chi connectivity index (χ1n) is 6.52. The number of nitrogens with one attached hydrogen (secondary N) is 2. The van der Waals surface area contributed by atoms with Crippen LogP contribution in [0.1, 0.15) is 0 Å². The summed E-state index contributed by atoms with van der Waals surface area (Å²) in [6, 6.07) is 20.9. The Balaban J connectivity index is 1.96. The molecular weight excluding hydrogens is 233 g/mol. The van der Waals surface area contributed by atoms with E-state index in [0.29, 0.717) is 0 Å². The summed E-state index contributed by atoms with van der Waals surface area (Å²) < 4.78 is 0.